The van der Waals surface area contributed by atoms with Crippen LogP contribution in [0, 0.1) is 19.7 Å². The molecule has 0 bridgehead atoms. The van der Waals surface area contributed by atoms with Gasteiger partial charge in [0.1, 0.15) is 16.8 Å². The maximum absolute atomic E-state index is 13.1. The van der Waals surface area contributed by atoms with Crippen molar-refractivity contribution in [1.29, 1.82) is 0 Å². The minimum atomic E-state index is -0.239. The molecule has 0 unspecified atom stereocenters. The summed E-state index contributed by atoms with van der Waals surface area (Å²) in [7, 11) is 0. The quantitative estimate of drug-likeness (QED) is 0.702. The monoisotopic (exact) mass is 373 g/mol. The highest BCUT2D eigenvalue weighted by atomic mass is 35.5. The highest BCUT2D eigenvalue weighted by Crippen LogP contribution is 2.25. The van der Waals surface area contributed by atoms with E-state index in [9.17, 15) is 4.39 Å². The van der Waals surface area contributed by atoms with Crippen LogP contribution in [0.4, 0.5) is 4.39 Å². The van der Waals surface area contributed by atoms with E-state index in [-0.39, 0.29) is 5.82 Å². The van der Waals surface area contributed by atoms with Gasteiger partial charge in [-0.05, 0) is 31.5 Å². The van der Waals surface area contributed by atoms with Gasteiger partial charge in [0.25, 0.3) is 0 Å². The summed E-state index contributed by atoms with van der Waals surface area (Å²) in [6.45, 7) is 8.09. The second kappa shape index (κ2) is 6.85. The average molecular weight is 374 g/mol. The van der Waals surface area contributed by atoms with Crippen molar-refractivity contribution in [2.75, 3.05) is 6.54 Å². The standard InChI is InChI=1S/C19H21ClFN5/c1-13-18(12-24-7-8-25-14(2)22-9-17(25)11-24)19(20)26(23-13)10-15-3-5-16(21)6-4-15/h3-6,9H,7-8,10-12H2,1-2H3. The zero-order chi connectivity index (χ0) is 18.3. The second-order valence-corrected chi connectivity index (χ2v) is 7.16. The molecule has 4 rings (SSSR count). The van der Waals surface area contributed by atoms with Gasteiger partial charge in [0.2, 0.25) is 0 Å². The van der Waals surface area contributed by atoms with Crippen LogP contribution in [0.15, 0.2) is 30.5 Å². The largest absolute Gasteiger partial charge is 0.330 e. The van der Waals surface area contributed by atoms with Crippen molar-refractivity contribution in [1.82, 2.24) is 24.2 Å². The molecule has 2 aromatic heterocycles. The number of imidazole rings is 1. The molecule has 1 aliphatic heterocycles. The minimum absolute atomic E-state index is 0.239. The molecule has 0 spiro atoms. The number of hydrogen-bond donors (Lipinski definition) is 0. The SMILES string of the molecule is Cc1nn(Cc2ccc(F)cc2)c(Cl)c1CN1CCn2c(cnc2C)C1. The summed E-state index contributed by atoms with van der Waals surface area (Å²) < 4.78 is 17.1. The van der Waals surface area contributed by atoms with Crippen molar-refractivity contribution in [3.05, 3.63) is 69.8 Å². The minimum Gasteiger partial charge on any atom is -0.330 e. The molecule has 0 atom stereocenters. The van der Waals surface area contributed by atoms with Gasteiger partial charge in [-0.1, -0.05) is 23.7 Å². The lowest BCUT2D eigenvalue weighted by atomic mass is 10.2. The van der Waals surface area contributed by atoms with E-state index in [1.165, 1.54) is 17.8 Å². The maximum atomic E-state index is 13.1. The number of aromatic nitrogens is 4. The molecule has 1 aliphatic rings. The zero-order valence-corrected chi connectivity index (χ0v) is 15.7. The van der Waals surface area contributed by atoms with Crippen molar-refractivity contribution < 1.29 is 4.39 Å². The lowest BCUT2D eigenvalue weighted by Crippen LogP contribution is -2.33. The fourth-order valence-electron chi connectivity index (χ4n) is 3.49. The first-order chi connectivity index (χ1) is 12.5. The third-order valence-electron chi connectivity index (χ3n) is 4.97. The Bertz CT molecular complexity index is 928. The molecule has 3 aromatic rings. The Morgan fingerprint density at radius 1 is 1.12 bits per heavy atom. The fraction of sp³-hybridized carbons (Fsp3) is 0.368. The predicted molar refractivity (Wildman–Crippen MR) is 98.6 cm³/mol. The Morgan fingerprint density at radius 3 is 2.65 bits per heavy atom. The van der Waals surface area contributed by atoms with Crippen molar-refractivity contribution in [3.63, 3.8) is 0 Å². The Balaban J connectivity index is 1.51. The van der Waals surface area contributed by atoms with Crippen LogP contribution in [0.1, 0.15) is 28.3 Å². The molecule has 26 heavy (non-hydrogen) atoms. The first-order valence-corrected chi connectivity index (χ1v) is 9.08. The Labute approximate surface area is 157 Å². The van der Waals surface area contributed by atoms with E-state index in [2.05, 4.69) is 19.5 Å². The van der Waals surface area contributed by atoms with Gasteiger partial charge >= 0.3 is 0 Å². The van der Waals surface area contributed by atoms with Gasteiger partial charge < -0.3 is 4.57 Å². The van der Waals surface area contributed by atoms with E-state index < -0.39 is 0 Å². The Hall–Kier alpha value is -2.18. The van der Waals surface area contributed by atoms with Crippen molar-refractivity contribution >= 4 is 11.6 Å². The van der Waals surface area contributed by atoms with Crippen LogP contribution in [0.2, 0.25) is 5.15 Å². The van der Waals surface area contributed by atoms with Crippen LogP contribution in [-0.2, 0) is 26.2 Å². The van der Waals surface area contributed by atoms with Crippen molar-refractivity contribution in [2.24, 2.45) is 0 Å². The Kier molecular flexibility index (Phi) is 4.54. The number of fused-ring (bicyclic) bond motifs is 1. The fourth-order valence-corrected chi connectivity index (χ4v) is 3.79. The second-order valence-electron chi connectivity index (χ2n) is 6.80. The molecular formula is C19H21ClFN5. The molecule has 0 N–H and O–H groups in total. The first kappa shape index (κ1) is 17.2. The molecule has 136 valence electrons. The van der Waals surface area contributed by atoms with Gasteiger partial charge in [-0.15, -0.1) is 0 Å². The van der Waals surface area contributed by atoms with E-state index >= 15 is 0 Å². The van der Waals surface area contributed by atoms with Crippen LogP contribution < -0.4 is 0 Å². The molecule has 1 aromatic carbocycles. The molecule has 0 fully saturated rings. The zero-order valence-electron chi connectivity index (χ0n) is 14.9. The third-order valence-corrected chi connectivity index (χ3v) is 5.40. The van der Waals surface area contributed by atoms with E-state index in [1.807, 2.05) is 20.0 Å². The van der Waals surface area contributed by atoms with Gasteiger partial charge in [0, 0.05) is 37.9 Å². The lowest BCUT2D eigenvalue weighted by Gasteiger charge is -2.28. The van der Waals surface area contributed by atoms with Crippen molar-refractivity contribution in [3.8, 4) is 0 Å². The summed E-state index contributed by atoms with van der Waals surface area (Å²) in [6, 6.07) is 6.44. The van der Waals surface area contributed by atoms with Crippen LogP contribution in [0.25, 0.3) is 0 Å². The molecule has 5 nitrogen and oxygen atoms in total. The predicted octanol–water partition coefficient (Wildman–Crippen LogP) is 3.55. The van der Waals surface area contributed by atoms with E-state index in [4.69, 9.17) is 11.6 Å². The maximum Gasteiger partial charge on any atom is 0.132 e. The number of nitrogens with zero attached hydrogens (tertiary/aromatic N) is 5. The van der Waals surface area contributed by atoms with Crippen LogP contribution in [0.5, 0.6) is 0 Å². The van der Waals surface area contributed by atoms with Gasteiger partial charge in [-0.25, -0.2) is 14.1 Å². The molecule has 3 heterocycles. The number of hydrogen-bond acceptors (Lipinski definition) is 3. The summed E-state index contributed by atoms with van der Waals surface area (Å²) in [5.41, 5.74) is 4.20. The van der Waals surface area contributed by atoms with Gasteiger partial charge in [-0.2, -0.15) is 5.10 Å². The number of rotatable bonds is 4. The topological polar surface area (TPSA) is 38.9 Å². The van der Waals surface area contributed by atoms with Gasteiger partial charge in [-0.3, -0.25) is 4.90 Å². The van der Waals surface area contributed by atoms with Gasteiger partial charge in [0.15, 0.2) is 0 Å². The number of benzene rings is 1. The smallest absolute Gasteiger partial charge is 0.132 e. The molecule has 7 heteroatoms. The third kappa shape index (κ3) is 3.27. The molecule has 0 aliphatic carbocycles. The summed E-state index contributed by atoms with van der Waals surface area (Å²) in [6.07, 6.45) is 1.95. The summed E-state index contributed by atoms with van der Waals surface area (Å²) in [5, 5.41) is 5.24. The van der Waals surface area contributed by atoms with E-state index in [1.54, 1.807) is 16.8 Å². The molecule has 0 saturated carbocycles. The molecule has 0 amide bonds. The molecule has 0 saturated heterocycles. The summed E-state index contributed by atoms with van der Waals surface area (Å²) >= 11 is 6.62. The molecule has 0 radical (unpaired) electrons. The normalized spacial score (nSPS) is 14.6. The highest BCUT2D eigenvalue weighted by Gasteiger charge is 2.21. The van der Waals surface area contributed by atoms with Crippen LogP contribution >= 0.6 is 11.6 Å². The number of aryl methyl sites for hydroxylation is 2. The van der Waals surface area contributed by atoms with Crippen LogP contribution in [0.3, 0.4) is 0 Å². The lowest BCUT2D eigenvalue weighted by molar-refractivity contribution is 0.211. The van der Waals surface area contributed by atoms with E-state index in [0.29, 0.717) is 11.7 Å². The average Bonchev–Trinajstić information content (AvgIpc) is 3.12. The number of halogens is 2. The first-order valence-electron chi connectivity index (χ1n) is 8.71. The highest BCUT2D eigenvalue weighted by molar-refractivity contribution is 6.30. The molecular weight excluding hydrogens is 353 g/mol. The van der Waals surface area contributed by atoms with Crippen molar-refractivity contribution in [2.45, 2.75) is 40.0 Å². The Morgan fingerprint density at radius 2 is 1.88 bits per heavy atom. The van der Waals surface area contributed by atoms with Gasteiger partial charge in [0.05, 0.1) is 17.9 Å². The summed E-state index contributed by atoms with van der Waals surface area (Å²) in [4.78, 5) is 6.77. The summed E-state index contributed by atoms with van der Waals surface area (Å²) in [5.74, 6) is 0.831. The van der Waals surface area contributed by atoms with Crippen LogP contribution in [-0.4, -0.2) is 30.8 Å². The van der Waals surface area contributed by atoms with E-state index in [0.717, 1.165) is 48.8 Å².